The van der Waals surface area contributed by atoms with Crippen molar-refractivity contribution in [2.45, 2.75) is 195 Å². The Balaban J connectivity index is 0.852. The van der Waals surface area contributed by atoms with Gasteiger partial charge in [0.15, 0.2) is 5.79 Å². The van der Waals surface area contributed by atoms with E-state index < -0.39 is 23.6 Å². The van der Waals surface area contributed by atoms with Gasteiger partial charge in [0.2, 0.25) is 0 Å². The number of methoxy groups -OCH3 is 2. The van der Waals surface area contributed by atoms with Gasteiger partial charge >= 0.3 is 0 Å². The number of Topliss-reactive ketones (excluding diaryl/α,β-unsaturated/α-hetero) is 1. The molecule has 2 bridgehead atoms. The quantitative estimate of drug-likeness (QED) is 0.230. The van der Waals surface area contributed by atoms with Gasteiger partial charge in [0, 0.05) is 64.7 Å². The van der Waals surface area contributed by atoms with Crippen LogP contribution >= 0.6 is 0 Å². The van der Waals surface area contributed by atoms with Crippen LogP contribution in [0, 0.1) is 17.8 Å². The summed E-state index contributed by atoms with van der Waals surface area (Å²) in [6.07, 6.45) is 5.98. The molecule has 9 rings (SSSR count). The van der Waals surface area contributed by atoms with Gasteiger partial charge in [-0.05, 0) is 75.9 Å². The Hall–Kier alpha value is -1.29. The molecule has 3 N–H and O–H groups in total. The molecule has 0 aromatic carbocycles. The van der Waals surface area contributed by atoms with E-state index >= 15 is 0 Å². The first-order chi connectivity index (χ1) is 25.9. The summed E-state index contributed by atoms with van der Waals surface area (Å²) in [6.45, 7) is 15.3. The lowest BCUT2D eigenvalue weighted by Crippen LogP contribution is -2.62. The summed E-state index contributed by atoms with van der Waals surface area (Å²) in [7, 11) is 3.32. The lowest BCUT2D eigenvalue weighted by Gasteiger charge is -2.47. The monoisotopic (exact) mass is 759 g/mol. The van der Waals surface area contributed by atoms with Crippen molar-refractivity contribution in [2.24, 2.45) is 23.5 Å². The van der Waals surface area contributed by atoms with Crippen LogP contribution in [0.5, 0.6) is 0 Å². The fourth-order valence-electron chi connectivity index (χ4n) is 11.3. The molecule has 8 aliphatic heterocycles. The first kappa shape index (κ1) is 39.5. The molecule has 1 aliphatic carbocycles. The van der Waals surface area contributed by atoms with Crippen LogP contribution in [-0.4, -0.2) is 128 Å². The van der Waals surface area contributed by atoms with Crippen molar-refractivity contribution in [3.8, 4) is 0 Å². The minimum Gasteiger partial charge on any atom is -0.380 e. The van der Waals surface area contributed by atoms with Crippen LogP contribution in [0.25, 0.3) is 0 Å². The van der Waals surface area contributed by atoms with Crippen LogP contribution in [0.4, 0.5) is 0 Å². The normalized spacial score (nSPS) is 49.8. The number of fused-ring (bicyclic) bond motifs is 3. The van der Waals surface area contributed by atoms with Crippen LogP contribution in [0.3, 0.4) is 0 Å². The fraction of sp³-hybridized carbons (Fsp3) is 0.881. The molecule has 1 saturated carbocycles. The molecule has 8 heterocycles. The molecule has 1 unspecified atom stereocenters. The molecule has 19 atom stereocenters. The van der Waals surface area contributed by atoms with Gasteiger partial charge in [0.05, 0.1) is 73.2 Å². The zero-order chi connectivity index (χ0) is 38.1. The Morgan fingerprint density at radius 1 is 0.944 bits per heavy atom. The number of hydrogen-bond acceptors (Lipinski definition) is 12. The van der Waals surface area contributed by atoms with E-state index in [0.29, 0.717) is 51.0 Å². The number of ether oxygens (including phenoxy) is 9. The van der Waals surface area contributed by atoms with Crippen LogP contribution in [0.1, 0.15) is 97.8 Å². The number of carbonyl (C=O) groups is 1. The predicted molar refractivity (Wildman–Crippen MR) is 198 cm³/mol. The number of carbonyl (C=O) groups excluding carboxylic acids is 1. The fourth-order valence-corrected chi connectivity index (χ4v) is 11.3. The lowest BCUT2D eigenvalue weighted by atomic mass is 9.86. The van der Waals surface area contributed by atoms with E-state index in [4.69, 9.17) is 48.4 Å². The van der Waals surface area contributed by atoms with Crippen LogP contribution in [0.15, 0.2) is 24.3 Å². The molecule has 0 aromatic rings. The summed E-state index contributed by atoms with van der Waals surface area (Å²) in [5.41, 5.74) is 7.59. The number of nitrogens with two attached hydrogens (primary N) is 1. The van der Waals surface area contributed by atoms with Crippen molar-refractivity contribution in [3.05, 3.63) is 24.3 Å². The van der Waals surface area contributed by atoms with Crippen LogP contribution < -0.4 is 5.73 Å². The maximum absolute atomic E-state index is 13.6. The molecular weight excluding hydrogens is 694 g/mol. The Bertz CT molecular complexity index is 1390. The number of hydrogen-bond donors (Lipinski definition) is 2. The van der Waals surface area contributed by atoms with Gasteiger partial charge in [-0.3, -0.25) is 4.79 Å². The lowest BCUT2D eigenvalue weighted by molar-refractivity contribution is -0.308. The predicted octanol–water partition coefficient (Wildman–Crippen LogP) is 4.32. The summed E-state index contributed by atoms with van der Waals surface area (Å²) in [6, 6.07) is 0. The minimum absolute atomic E-state index is 0.000554. The van der Waals surface area contributed by atoms with Crippen molar-refractivity contribution >= 4 is 5.78 Å². The van der Waals surface area contributed by atoms with Crippen LogP contribution in [-0.2, 0) is 47.4 Å². The molecule has 54 heavy (non-hydrogen) atoms. The smallest absolute Gasteiger partial charge is 0.168 e. The maximum atomic E-state index is 13.6. The van der Waals surface area contributed by atoms with E-state index in [1.54, 1.807) is 14.2 Å². The third-order valence-corrected chi connectivity index (χ3v) is 14.5. The second-order valence-corrected chi connectivity index (χ2v) is 18.0. The second kappa shape index (κ2) is 15.5. The first-order valence-corrected chi connectivity index (χ1v) is 20.8. The van der Waals surface area contributed by atoms with E-state index in [2.05, 4.69) is 27.0 Å². The van der Waals surface area contributed by atoms with E-state index in [1.807, 2.05) is 6.92 Å². The molecule has 12 heteroatoms. The van der Waals surface area contributed by atoms with Crippen molar-refractivity contribution in [3.63, 3.8) is 0 Å². The van der Waals surface area contributed by atoms with Crippen molar-refractivity contribution < 1.29 is 52.5 Å². The molecule has 9 aliphatic rings. The average Bonchev–Trinajstić information content (AvgIpc) is 3.41. The van der Waals surface area contributed by atoms with E-state index in [-0.39, 0.29) is 90.9 Å². The zero-order valence-electron chi connectivity index (χ0n) is 33.0. The average molecular weight is 760 g/mol. The third-order valence-electron chi connectivity index (χ3n) is 14.5. The highest BCUT2D eigenvalue weighted by atomic mass is 16.7. The molecule has 304 valence electrons. The summed E-state index contributed by atoms with van der Waals surface area (Å²) in [4.78, 5) is 13.6. The molecular formula is C42H65NO11. The highest BCUT2D eigenvalue weighted by molar-refractivity contribution is 5.79. The van der Waals surface area contributed by atoms with Crippen LogP contribution in [0.2, 0.25) is 0 Å². The SMILES string of the molecule is C=C1C[C@H](CC[C@@]2(O)C[C@H]3O[C@]45C3[C@@H]4O[C@H]3CC[C@H](CC(=O)C[C@@H]4[C@@H](OC)[C@@H](C[C@@H](CN)OC)O[C@H]4C)O[C@@H]3[C@@H]5O2)O[C@H]1CC[C@H]1C[C@@H](C)C(=C)[C@@H](C)O1. The Labute approximate surface area is 321 Å². The molecule has 9 fully saturated rings. The van der Waals surface area contributed by atoms with Gasteiger partial charge in [-0.15, -0.1) is 0 Å². The highest BCUT2D eigenvalue weighted by Crippen LogP contribution is 2.71. The summed E-state index contributed by atoms with van der Waals surface area (Å²) in [5, 5.41) is 12.1. The summed E-state index contributed by atoms with van der Waals surface area (Å²) >= 11 is 0. The number of ketones is 1. The Morgan fingerprint density at radius 3 is 2.50 bits per heavy atom. The largest absolute Gasteiger partial charge is 0.380 e. The summed E-state index contributed by atoms with van der Waals surface area (Å²) in [5.74, 6) is -0.655. The van der Waals surface area contributed by atoms with Crippen molar-refractivity contribution in [1.82, 2.24) is 0 Å². The maximum Gasteiger partial charge on any atom is 0.168 e. The minimum atomic E-state index is -1.37. The second-order valence-electron chi connectivity index (χ2n) is 18.0. The molecule has 0 amide bonds. The third kappa shape index (κ3) is 7.22. The number of aliphatic hydroxyl groups is 1. The molecule has 0 aromatic heterocycles. The number of rotatable bonds is 15. The standard InChI is InChI=1S/C42H65NO11/c1-21-14-27(48-24(4)23(21)3)8-10-32-22(2)15-29(50-32)12-13-41(45)19-35-36-39-42(36,53-35)40(54-41)38-33(52-39)11-9-28(51-38)16-26(44)17-31-25(5)49-34(37(31)47-7)18-30(20-43)46-6/h21,24-25,27-40,45H,2-3,8-20,43H2,1,4-7H3/t21-,24-,25+,27+,28-,29+,30+,31+,32+,33+,34-,35-,36?,37-,38+,39+,40+,41+,42-/m1/s1. The van der Waals surface area contributed by atoms with E-state index in [0.717, 1.165) is 44.1 Å². The van der Waals surface area contributed by atoms with Gasteiger partial charge in [-0.2, -0.15) is 0 Å². The van der Waals surface area contributed by atoms with E-state index in [1.165, 1.54) is 5.57 Å². The Morgan fingerprint density at radius 2 is 1.76 bits per heavy atom. The van der Waals surface area contributed by atoms with Gasteiger partial charge < -0.3 is 53.5 Å². The van der Waals surface area contributed by atoms with Gasteiger partial charge in [-0.25, -0.2) is 0 Å². The molecule has 0 radical (unpaired) electrons. The molecule has 1 spiro atoms. The van der Waals surface area contributed by atoms with Gasteiger partial charge in [0.25, 0.3) is 0 Å². The molecule has 12 nitrogen and oxygen atoms in total. The van der Waals surface area contributed by atoms with Gasteiger partial charge in [-0.1, -0.05) is 20.1 Å². The topological polar surface area (TPSA) is 146 Å². The van der Waals surface area contributed by atoms with Crippen molar-refractivity contribution in [2.75, 3.05) is 20.8 Å². The van der Waals surface area contributed by atoms with Crippen molar-refractivity contribution in [1.29, 1.82) is 0 Å². The van der Waals surface area contributed by atoms with Gasteiger partial charge in [0.1, 0.15) is 23.6 Å². The zero-order valence-corrected chi connectivity index (χ0v) is 33.0. The highest BCUT2D eigenvalue weighted by Gasteiger charge is 2.88. The first-order valence-electron chi connectivity index (χ1n) is 20.8. The van der Waals surface area contributed by atoms with E-state index in [9.17, 15) is 9.90 Å². The molecule has 8 saturated heterocycles. The Kier molecular flexibility index (Phi) is 11.3. The summed E-state index contributed by atoms with van der Waals surface area (Å²) < 4.78 is 56.9.